The molecular weight excluding hydrogens is 348 g/mol. The van der Waals surface area contributed by atoms with Crippen molar-refractivity contribution in [2.45, 2.75) is 18.7 Å². The van der Waals surface area contributed by atoms with Gasteiger partial charge in [0.1, 0.15) is 0 Å². The van der Waals surface area contributed by atoms with Gasteiger partial charge in [-0.15, -0.1) is 11.8 Å². The second-order valence-corrected chi connectivity index (χ2v) is 6.92. The van der Waals surface area contributed by atoms with Crippen molar-refractivity contribution in [2.24, 2.45) is 0 Å². The van der Waals surface area contributed by atoms with E-state index in [0.717, 1.165) is 21.7 Å². The molecule has 5 nitrogen and oxygen atoms in total. The zero-order valence-corrected chi connectivity index (χ0v) is 16.1. The highest BCUT2D eigenvalue weighted by Crippen LogP contribution is 2.24. The molecule has 0 saturated carbocycles. The SMILES string of the molecule is COCCNC(=O)CSc1ccccc1C(=O)Nc1ccc(C)cc1C. The minimum Gasteiger partial charge on any atom is -0.383 e. The lowest BCUT2D eigenvalue weighted by atomic mass is 10.1. The highest BCUT2D eigenvalue weighted by molar-refractivity contribution is 8.00. The summed E-state index contributed by atoms with van der Waals surface area (Å²) < 4.78 is 4.90. The molecule has 0 fully saturated rings. The van der Waals surface area contributed by atoms with Crippen molar-refractivity contribution >= 4 is 29.3 Å². The van der Waals surface area contributed by atoms with Crippen molar-refractivity contribution in [1.82, 2.24) is 5.32 Å². The lowest BCUT2D eigenvalue weighted by Gasteiger charge is -2.12. The van der Waals surface area contributed by atoms with E-state index in [9.17, 15) is 9.59 Å². The highest BCUT2D eigenvalue weighted by Gasteiger charge is 2.14. The molecule has 2 aromatic rings. The molecule has 26 heavy (non-hydrogen) atoms. The van der Waals surface area contributed by atoms with E-state index in [0.29, 0.717) is 18.7 Å². The van der Waals surface area contributed by atoms with Crippen molar-refractivity contribution < 1.29 is 14.3 Å². The summed E-state index contributed by atoms with van der Waals surface area (Å²) >= 11 is 1.35. The second-order valence-electron chi connectivity index (χ2n) is 5.90. The van der Waals surface area contributed by atoms with Crippen LogP contribution in [0.5, 0.6) is 0 Å². The van der Waals surface area contributed by atoms with Crippen molar-refractivity contribution in [3.05, 3.63) is 59.2 Å². The van der Waals surface area contributed by atoms with Gasteiger partial charge in [0, 0.05) is 24.2 Å². The average Bonchev–Trinajstić information content (AvgIpc) is 2.62. The predicted octanol–water partition coefficient (Wildman–Crippen LogP) is 3.41. The van der Waals surface area contributed by atoms with Crippen LogP contribution in [-0.4, -0.2) is 37.8 Å². The summed E-state index contributed by atoms with van der Waals surface area (Å²) in [6, 6.07) is 13.2. The Labute approximate surface area is 158 Å². The Morgan fingerprint density at radius 2 is 1.88 bits per heavy atom. The van der Waals surface area contributed by atoms with Crippen LogP contribution >= 0.6 is 11.8 Å². The topological polar surface area (TPSA) is 67.4 Å². The largest absolute Gasteiger partial charge is 0.383 e. The van der Waals surface area contributed by atoms with Gasteiger partial charge in [-0.25, -0.2) is 0 Å². The Balaban J connectivity index is 2.03. The smallest absolute Gasteiger partial charge is 0.256 e. The maximum Gasteiger partial charge on any atom is 0.256 e. The van der Waals surface area contributed by atoms with Crippen molar-refractivity contribution in [3.63, 3.8) is 0 Å². The van der Waals surface area contributed by atoms with Gasteiger partial charge < -0.3 is 15.4 Å². The molecule has 0 aromatic heterocycles. The normalized spacial score (nSPS) is 10.4. The van der Waals surface area contributed by atoms with Crippen molar-refractivity contribution in [3.8, 4) is 0 Å². The summed E-state index contributed by atoms with van der Waals surface area (Å²) in [5.74, 6) is -0.0196. The van der Waals surface area contributed by atoms with Crippen LogP contribution in [0.1, 0.15) is 21.5 Å². The van der Waals surface area contributed by atoms with Crippen LogP contribution < -0.4 is 10.6 Å². The molecule has 0 aliphatic rings. The molecule has 2 aromatic carbocycles. The highest BCUT2D eigenvalue weighted by atomic mass is 32.2. The molecule has 0 heterocycles. The fourth-order valence-electron chi connectivity index (χ4n) is 2.41. The summed E-state index contributed by atoms with van der Waals surface area (Å²) in [7, 11) is 1.59. The van der Waals surface area contributed by atoms with Crippen LogP contribution in [0, 0.1) is 13.8 Å². The Morgan fingerprint density at radius 1 is 1.12 bits per heavy atom. The van der Waals surface area contributed by atoms with Crippen molar-refractivity contribution in [1.29, 1.82) is 0 Å². The third-order valence-corrected chi connectivity index (χ3v) is 4.82. The summed E-state index contributed by atoms with van der Waals surface area (Å²) in [4.78, 5) is 25.3. The van der Waals surface area contributed by atoms with Gasteiger partial charge in [0.25, 0.3) is 5.91 Å². The summed E-state index contributed by atoms with van der Waals surface area (Å²) in [5.41, 5.74) is 3.51. The van der Waals surface area contributed by atoms with Gasteiger partial charge in [0.2, 0.25) is 5.91 Å². The van der Waals surface area contributed by atoms with Gasteiger partial charge in [-0.05, 0) is 37.6 Å². The molecule has 0 spiro atoms. The van der Waals surface area contributed by atoms with E-state index in [1.807, 2.05) is 50.2 Å². The summed E-state index contributed by atoms with van der Waals surface area (Å²) in [6.45, 7) is 4.94. The Morgan fingerprint density at radius 3 is 2.62 bits per heavy atom. The Kier molecular flexibility index (Phi) is 7.69. The third kappa shape index (κ3) is 5.89. The number of hydrogen-bond donors (Lipinski definition) is 2. The number of aryl methyl sites for hydroxylation is 2. The average molecular weight is 372 g/mol. The van der Waals surface area contributed by atoms with E-state index < -0.39 is 0 Å². The van der Waals surface area contributed by atoms with Crippen LogP contribution in [0.2, 0.25) is 0 Å². The molecule has 0 aliphatic heterocycles. The molecule has 2 amide bonds. The van der Waals surface area contributed by atoms with Crippen LogP contribution in [0.25, 0.3) is 0 Å². The van der Waals surface area contributed by atoms with E-state index >= 15 is 0 Å². The molecule has 138 valence electrons. The Hall–Kier alpha value is -2.31. The van der Waals surface area contributed by atoms with Gasteiger partial charge in [-0.1, -0.05) is 29.8 Å². The fraction of sp³-hybridized carbons (Fsp3) is 0.300. The predicted molar refractivity (Wildman–Crippen MR) is 106 cm³/mol. The first kappa shape index (κ1) is 20.0. The molecule has 2 rings (SSSR count). The quantitative estimate of drug-likeness (QED) is 0.550. The monoisotopic (exact) mass is 372 g/mol. The number of anilines is 1. The Bertz CT molecular complexity index is 777. The van der Waals surface area contributed by atoms with E-state index in [4.69, 9.17) is 4.74 Å². The number of methoxy groups -OCH3 is 1. The number of thioether (sulfide) groups is 1. The minimum absolute atomic E-state index is 0.0864. The molecule has 0 saturated heterocycles. The van der Waals surface area contributed by atoms with Gasteiger partial charge in [-0.3, -0.25) is 9.59 Å². The zero-order chi connectivity index (χ0) is 18.9. The summed E-state index contributed by atoms with van der Waals surface area (Å²) in [6.07, 6.45) is 0. The standard InChI is InChI=1S/C20H24N2O3S/c1-14-8-9-17(15(2)12-14)22-20(24)16-6-4-5-7-18(16)26-13-19(23)21-10-11-25-3/h4-9,12H,10-11,13H2,1-3H3,(H,21,23)(H,22,24). The molecule has 6 heteroatoms. The van der Waals surface area contributed by atoms with Crippen LogP contribution in [0.15, 0.2) is 47.4 Å². The number of carbonyl (C=O) groups excluding carboxylic acids is 2. The van der Waals surface area contributed by atoms with E-state index in [1.165, 1.54) is 11.8 Å². The molecule has 0 aliphatic carbocycles. The lowest BCUT2D eigenvalue weighted by Crippen LogP contribution is -2.28. The maximum absolute atomic E-state index is 12.7. The van der Waals surface area contributed by atoms with Gasteiger partial charge in [-0.2, -0.15) is 0 Å². The first-order valence-electron chi connectivity index (χ1n) is 8.37. The molecule has 2 N–H and O–H groups in total. The van der Waals surface area contributed by atoms with Gasteiger partial charge in [0.05, 0.1) is 17.9 Å². The lowest BCUT2D eigenvalue weighted by molar-refractivity contribution is -0.118. The first-order valence-corrected chi connectivity index (χ1v) is 9.36. The number of amides is 2. The van der Waals surface area contributed by atoms with Crippen molar-refractivity contribution in [2.75, 3.05) is 31.3 Å². The number of hydrogen-bond acceptors (Lipinski definition) is 4. The fourth-order valence-corrected chi connectivity index (χ4v) is 3.29. The number of nitrogens with one attached hydrogen (secondary N) is 2. The second kappa shape index (κ2) is 9.99. The van der Waals surface area contributed by atoms with E-state index in [2.05, 4.69) is 10.6 Å². The molecular formula is C20H24N2O3S. The molecule has 0 bridgehead atoms. The number of ether oxygens (including phenoxy) is 1. The number of carbonyl (C=O) groups is 2. The number of benzene rings is 2. The maximum atomic E-state index is 12.7. The molecule has 0 unspecified atom stereocenters. The minimum atomic E-state index is -0.181. The van der Waals surface area contributed by atoms with E-state index in [1.54, 1.807) is 13.2 Å². The van der Waals surface area contributed by atoms with Crippen LogP contribution in [0.3, 0.4) is 0 Å². The zero-order valence-electron chi connectivity index (χ0n) is 15.3. The van der Waals surface area contributed by atoms with Crippen LogP contribution in [0.4, 0.5) is 5.69 Å². The van der Waals surface area contributed by atoms with Gasteiger partial charge in [0.15, 0.2) is 0 Å². The number of rotatable bonds is 8. The van der Waals surface area contributed by atoms with E-state index in [-0.39, 0.29) is 17.6 Å². The molecule has 0 atom stereocenters. The van der Waals surface area contributed by atoms with Gasteiger partial charge >= 0.3 is 0 Å². The first-order chi connectivity index (χ1) is 12.5. The molecule has 0 radical (unpaired) electrons. The summed E-state index contributed by atoms with van der Waals surface area (Å²) in [5, 5.41) is 5.72. The van der Waals surface area contributed by atoms with Crippen LogP contribution in [-0.2, 0) is 9.53 Å². The third-order valence-electron chi connectivity index (χ3n) is 3.75.